The molecule has 290 valence electrons. The van der Waals surface area contributed by atoms with Crippen molar-refractivity contribution in [1.29, 1.82) is 0 Å². The Morgan fingerprint density at radius 1 is 0.536 bits per heavy atom. The van der Waals surface area contributed by atoms with Crippen molar-refractivity contribution in [3.8, 4) is 22.6 Å². The number of phenols is 2. The molecule has 0 heterocycles. The molecule has 24 heteroatoms. The van der Waals surface area contributed by atoms with Gasteiger partial charge in [-0.05, 0) is 59.7 Å². The molecule has 0 saturated heterocycles. The molecule has 0 fully saturated rings. The van der Waals surface area contributed by atoms with Gasteiger partial charge in [0.2, 0.25) is 0 Å². The predicted octanol–water partition coefficient (Wildman–Crippen LogP) is 7.23. The molecule has 6 rings (SSSR count). The van der Waals surface area contributed by atoms with E-state index in [-0.39, 0.29) is 38.1 Å². The molecule has 0 amide bonds. The summed E-state index contributed by atoms with van der Waals surface area (Å²) in [7, 11) is -14.9. The van der Waals surface area contributed by atoms with Gasteiger partial charge in [0.1, 0.15) is 26.1 Å². The van der Waals surface area contributed by atoms with Crippen molar-refractivity contribution in [1.82, 2.24) is 0 Å². The summed E-state index contributed by atoms with van der Waals surface area (Å²) in [6.07, 6.45) is 0. The van der Waals surface area contributed by atoms with Crippen LogP contribution in [0.5, 0.6) is 11.5 Å². The van der Waals surface area contributed by atoms with Gasteiger partial charge < -0.3 is 21.7 Å². The lowest BCUT2D eigenvalue weighted by Crippen LogP contribution is -2.08. The molecule has 0 atom stereocenters. The number of aromatic hydroxyl groups is 2. The number of nitrogens with zero attached hydrogens (tertiary/aromatic N) is 4. The number of rotatable bonds is 11. The molecule has 0 radical (unpaired) electrons. The second-order valence-corrected chi connectivity index (χ2v) is 16.3. The summed E-state index contributed by atoms with van der Waals surface area (Å²) in [5.41, 5.74) is 12.9. The zero-order valence-corrected chi connectivity index (χ0v) is 30.9. The lowest BCUT2D eigenvalue weighted by Gasteiger charge is -2.13. The molecule has 0 aromatic heterocycles. The molecule has 0 saturated carbocycles. The van der Waals surface area contributed by atoms with Crippen LogP contribution in [0.2, 0.25) is 0 Å². The summed E-state index contributed by atoms with van der Waals surface area (Å²) in [5, 5.41) is 48.9. The number of azo groups is 2. The highest BCUT2D eigenvalue weighted by molar-refractivity contribution is 7.94. The number of anilines is 2. The standard InChI is InChI=1S/C32H24N6O14S4/c33-29-23(53-52-51-41)13-24(54(42,43)44)19-9-11-21(31(39)27(19)29)37-35-17-5-1-15(2-6-17)16-3-7-18(8-4-16)36-38-22-12-10-20-25(55(45,46)47)14-26(56(48,49)50)30(34)28(20)32(22)40/h1-14,39-41H,33-34H2,(H,42,43,44)(H,45,46,47)(H,48,49,50). The topological polar surface area (TPSA) is 344 Å². The summed E-state index contributed by atoms with van der Waals surface area (Å²) in [6.45, 7) is 0. The number of hydrogen-bond donors (Lipinski definition) is 8. The molecule has 0 aliphatic heterocycles. The molecule has 0 spiro atoms. The monoisotopic (exact) mass is 844 g/mol. The Morgan fingerprint density at radius 2 is 0.946 bits per heavy atom. The maximum absolute atomic E-state index is 12.0. The lowest BCUT2D eigenvalue weighted by molar-refractivity contribution is -0.432. The third kappa shape index (κ3) is 7.95. The molecule has 56 heavy (non-hydrogen) atoms. The van der Waals surface area contributed by atoms with Gasteiger partial charge in [0.25, 0.3) is 30.4 Å². The number of nitrogen functional groups attached to an aromatic ring is 2. The molecule has 0 aliphatic rings. The Morgan fingerprint density at radius 3 is 1.36 bits per heavy atom. The minimum Gasteiger partial charge on any atom is -0.505 e. The first-order chi connectivity index (χ1) is 26.3. The molecule has 6 aromatic rings. The fraction of sp³-hybridized carbons (Fsp3) is 0. The second-order valence-electron chi connectivity index (χ2n) is 11.4. The van der Waals surface area contributed by atoms with Gasteiger partial charge in [-0.2, -0.15) is 35.5 Å². The first-order valence-corrected chi connectivity index (χ1v) is 20.1. The van der Waals surface area contributed by atoms with E-state index >= 15 is 0 Å². The van der Waals surface area contributed by atoms with E-state index in [4.69, 9.17) is 16.7 Å². The van der Waals surface area contributed by atoms with E-state index in [2.05, 4.69) is 29.8 Å². The third-order valence-electron chi connectivity index (χ3n) is 8.04. The van der Waals surface area contributed by atoms with Crippen molar-refractivity contribution in [2.24, 2.45) is 20.5 Å². The Labute approximate surface area is 319 Å². The SMILES string of the molecule is Nc1c(SOOO)cc(S(=O)(=O)O)c2ccc(N=Nc3ccc(-c4ccc(N=Nc5ccc6c(S(=O)(=O)O)cc(S(=O)(=O)O)c(N)c6c5O)cc4)cc3)c(O)c12. The molecule has 6 aromatic carbocycles. The van der Waals surface area contributed by atoms with Crippen LogP contribution >= 0.6 is 12.0 Å². The van der Waals surface area contributed by atoms with Gasteiger partial charge in [0.15, 0.2) is 11.5 Å². The van der Waals surface area contributed by atoms with Crippen LogP contribution in [-0.2, 0) is 39.7 Å². The second kappa shape index (κ2) is 15.0. The average Bonchev–Trinajstić information content (AvgIpc) is 3.13. The van der Waals surface area contributed by atoms with E-state index in [1.54, 1.807) is 48.5 Å². The fourth-order valence-electron chi connectivity index (χ4n) is 5.50. The minimum absolute atomic E-state index is 0.105. The van der Waals surface area contributed by atoms with Crippen molar-refractivity contribution in [2.75, 3.05) is 11.5 Å². The van der Waals surface area contributed by atoms with Crippen molar-refractivity contribution >= 4 is 98.1 Å². The van der Waals surface area contributed by atoms with Crippen LogP contribution in [0.25, 0.3) is 32.7 Å². The highest BCUT2D eigenvalue weighted by atomic mass is 32.2. The predicted molar refractivity (Wildman–Crippen MR) is 200 cm³/mol. The Kier molecular flexibility index (Phi) is 10.7. The number of nitrogens with two attached hydrogens (primary N) is 2. The summed E-state index contributed by atoms with van der Waals surface area (Å²) >= 11 is 0.317. The normalized spacial score (nSPS) is 12.7. The maximum Gasteiger partial charge on any atom is 0.296 e. The number of hydrogen-bond acceptors (Lipinski definition) is 18. The Bertz CT molecular complexity index is 2960. The maximum atomic E-state index is 12.0. The van der Waals surface area contributed by atoms with Crippen LogP contribution in [0.15, 0.2) is 125 Å². The summed E-state index contributed by atoms with van der Waals surface area (Å²) in [4.78, 5) is -2.71. The number of phenolic OH excluding ortho intramolecular Hbond substituents is 2. The highest BCUT2D eigenvalue weighted by Crippen LogP contribution is 2.46. The van der Waals surface area contributed by atoms with Gasteiger partial charge in [-0.3, -0.25) is 13.7 Å². The van der Waals surface area contributed by atoms with E-state index in [0.29, 0.717) is 29.5 Å². The van der Waals surface area contributed by atoms with Crippen molar-refractivity contribution in [3.05, 3.63) is 84.9 Å². The van der Waals surface area contributed by atoms with E-state index in [1.807, 2.05) is 0 Å². The van der Waals surface area contributed by atoms with Gasteiger partial charge in [-0.25, -0.2) is 5.26 Å². The van der Waals surface area contributed by atoms with Crippen LogP contribution in [0, 0.1) is 0 Å². The van der Waals surface area contributed by atoms with E-state index in [9.17, 15) is 49.1 Å². The third-order valence-corrected chi connectivity index (χ3v) is 11.4. The Balaban J connectivity index is 1.23. The van der Waals surface area contributed by atoms with Crippen LogP contribution in [0.4, 0.5) is 34.1 Å². The molecular formula is C32H24N6O14S4. The van der Waals surface area contributed by atoms with Crippen LogP contribution in [-0.4, -0.2) is 54.4 Å². The summed E-state index contributed by atoms with van der Waals surface area (Å²) < 4.78 is 105. The number of benzene rings is 6. The summed E-state index contributed by atoms with van der Waals surface area (Å²) in [6, 6.07) is 19.5. The quantitative estimate of drug-likeness (QED) is 0.0159. The first kappa shape index (κ1) is 39.9. The lowest BCUT2D eigenvalue weighted by atomic mass is 10.1. The largest absolute Gasteiger partial charge is 0.505 e. The smallest absolute Gasteiger partial charge is 0.296 e. The zero-order chi connectivity index (χ0) is 40.7. The van der Waals surface area contributed by atoms with Gasteiger partial charge >= 0.3 is 0 Å². The van der Waals surface area contributed by atoms with Crippen LogP contribution < -0.4 is 11.5 Å². The van der Waals surface area contributed by atoms with E-state index in [1.165, 1.54) is 12.1 Å². The summed E-state index contributed by atoms with van der Waals surface area (Å²) in [5.74, 6) is -1.33. The molecule has 0 aliphatic carbocycles. The zero-order valence-electron chi connectivity index (χ0n) is 27.6. The fourth-order valence-corrected chi connectivity index (χ4v) is 8.19. The van der Waals surface area contributed by atoms with Gasteiger partial charge in [0, 0.05) is 10.8 Å². The molecule has 0 bridgehead atoms. The molecular weight excluding hydrogens is 821 g/mol. The van der Waals surface area contributed by atoms with Crippen LogP contribution in [0.3, 0.4) is 0 Å². The molecule has 20 nitrogen and oxygen atoms in total. The van der Waals surface area contributed by atoms with Crippen molar-refractivity contribution < 1.29 is 63.8 Å². The average molecular weight is 845 g/mol. The van der Waals surface area contributed by atoms with Crippen molar-refractivity contribution in [2.45, 2.75) is 19.6 Å². The van der Waals surface area contributed by atoms with Gasteiger partial charge in [-0.15, -0.1) is 14.6 Å². The highest BCUT2D eigenvalue weighted by Gasteiger charge is 2.27. The molecule has 0 unspecified atom stereocenters. The van der Waals surface area contributed by atoms with Gasteiger partial charge in [-0.1, -0.05) is 41.4 Å². The number of fused-ring (bicyclic) bond motifs is 2. The van der Waals surface area contributed by atoms with Gasteiger partial charge in [0.05, 0.1) is 50.5 Å². The molecule has 10 N–H and O–H groups in total. The minimum atomic E-state index is -5.08. The Hall–Kier alpha value is -5.80. The van der Waals surface area contributed by atoms with E-state index in [0.717, 1.165) is 29.3 Å². The van der Waals surface area contributed by atoms with Crippen LogP contribution in [0.1, 0.15) is 0 Å². The van der Waals surface area contributed by atoms with Crippen molar-refractivity contribution in [3.63, 3.8) is 0 Å². The van der Waals surface area contributed by atoms with E-state index < -0.39 is 67.6 Å². The first-order valence-electron chi connectivity index (χ1n) is 15.1.